The fraction of sp³-hybridized carbons (Fsp3) is 0.538. The van der Waals surface area contributed by atoms with E-state index in [0.29, 0.717) is 23.7 Å². The van der Waals surface area contributed by atoms with Crippen molar-refractivity contribution < 1.29 is 19.4 Å². The molecule has 0 saturated heterocycles. The number of hydrogen-bond acceptors (Lipinski definition) is 5. The van der Waals surface area contributed by atoms with Crippen LogP contribution in [0.15, 0.2) is 12.3 Å². The minimum Gasteiger partial charge on any atom is -0.480 e. The second kappa shape index (κ2) is 5.14. The van der Waals surface area contributed by atoms with Crippen LogP contribution >= 0.6 is 0 Å². The van der Waals surface area contributed by atoms with Crippen molar-refractivity contribution in [3.05, 3.63) is 18.0 Å². The summed E-state index contributed by atoms with van der Waals surface area (Å²) in [6, 6.07) is 1.68. The highest BCUT2D eigenvalue weighted by atomic mass is 16.6. The molecule has 2 heterocycles. The van der Waals surface area contributed by atoms with Crippen LogP contribution in [0.2, 0.25) is 0 Å². The van der Waals surface area contributed by atoms with E-state index in [1.165, 1.54) is 7.11 Å². The topological polar surface area (TPSA) is 68.7 Å². The van der Waals surface area contributed by atoms with Gasteiger partial charge in [-0.15, -0.1) is 0 Å². The van der Waals surface area contributed by atoms with Crippen molar-refractivity contribution in [1.82, 2.24) is 9.47 Å². The number of aromatic nitrogens is 1. The number of nitrogens with zero attached hydrogens (tertiary/aromatic N) is 2. The average Bonchev–Trinajstić information content (AvgIpc) is 2.46. The average molecular weight is 267 g/mol. The lowest BCUT2D eigenvalue weighted by molar-refractivity contribution is 0.0876. The van der Waals surface area contributed by atoms with Crippen LogP contribution < -0.4 is 9.22 Å². The number of ether oxygens (including phenoxy) is 2. The molecular weight excluding hydrogens is 248 g/mol. The van der Waals surface area contributed by atoms with Gasteiger partial charge in [-0.05, 0) is 0 Å². The van der Waals surface area contributed by atoms with Crippen LogP contribution in [-0.2, 0) is 11.3 Å². The fourth-order valence-electron chi connectivity index (χ4n) is 2.49. The van der Waals surface area contributed by atoms with Gasteiger partial charge in [0.1, 0.15) is 12.6 Å². The van der Waals surface area contributed by atoms with Gasteiger partial charge in [-0.1, -0.05) is 6.92 Å². The minimum absolute atomic E-state index is 0.0118. The zero-order valence-electron chi connectivity index (χ0n) is 11.4. The number of methoxy groups -OCH3 is 1. The van der Waals surface area contributed by atoms with Gasteiger partial charge in [-0.3, -0.25) is 4.98 Å². The lowest BCUT2D eigenvalue weighted by Crippen LogP contribution is -2.61. The van der Waals surface area contributed by atoms with Gasteiger partial charge < -0.3 is 14.6 Å². The minimum atomic E-state index is -0.341. The number of carbonyl (C=O) groups excluding carboxylic acids is 1. The monoisotopic (exact) mass is 267 g/mol. The van der Waals surface area contributed by atoms with Gasteiger partial charge in [0.15, 0.2) is 11.4 Å². The number of aliphatic hydroxyl groups is 1. The van der Waals surface area contributed by atoms with E-state index >= 15 is 0 Å². The summed E-state index contributed by atoms with van der Waals surface area (Å²) < 4.78 is 10.6. The van der Waals surface area contributed by atoms with Crippen LogP contribution in [0.4, 0.5) is 10.5 Å². The smallest absolute Gasteiger partial charge is 0.480 e. The molecule has 1 N–H and O–H groups in total. The summed E-state index contributed by atoms with van der Waals surface area (Å²) in [7, 11) is 3.18. The first-order valence-corrected chi connectivity index (χ1v) is 6.25. The van der Waals surface area contributed by atoms with Crippen LogP contribution in [0.3, 0.4) is 0 Å². The maximum absolute atomic E-state index is 12.2. The van der Waals surface area contributed by atoms with Crippen molar-refractivity contribution >= 4 is 11.8 Å². The van der Waals surface area contributed by atoms with Crippen LogP contribution in [0.25, 0.3) is 0 Å². The molecule has 0 saturated carbocycles. The van der Waals surface area contributed by atoms with Crippen LogP contribution in [0.1, 0.15) is 19.0 Å². The highest BCUT2D eigenvalue weighted by molar-refractivity contribution is 5.85. The predicted octanol–water partition coefficient (Wildman–Crippen LogP) is 1.45. The van der Waals surface area contributed by atoms with Crippen molar-refractivity contribution in [3.63, 3.8) is 0 Å². The molecule has 1 aromatic heterocycles. The molecule has 2 atom stereocenters. The van der Waals surface area contributed by atoms with Gasteiger partial charge in [-0.2, -0.15) is 9.28 Å². The maximum Gasteiger partial charge on any atom is 0.521 e. The number of rotatable bonds is 2. The van der Waals surface area contributed by atoms with E-state index in [0.717, 1.165) is 6.42 Å². The Kier molecular flexibility index (Phi) is 3.73. The first-order chi connectivity index (χ1) is 9.07. The van der Waals surface area contributed by atoms with Crippen molar-refractivity contribution in [1.29, 1.82) is 0 Å². The Morgan fingerprint density at radius 2 is 2.42 bits per heavy atom. The number of amides is 1. The summed E-state index contributed by atoms with van der Waals surface area (Å²) in [6.45, 7) is 2.27. The van der Waals surface area contributed by atoms with E-state index < -0.39 is 0 Å². The summed E-state index contributed by atoms with van der Waals surface area (Å²) in [6.07, 6.45) is 1.99. The number of hydrogen-bond donors (Lipinski definition) is 1. The molecule has 6 nitrogen and oxygen atoms in total. The Labute approximate surface area is 112 Å². The fourth-order valence-corrected chi connectivity index (χ4v) is 2.49. The third kappa shape index (κ3) is 2.06. The Balaban J connectivity index is 2.58. The normalized spacial score (nSPS) is 25.4. The van der Waals surface area contributed by atoms with Gasteiger partial charge in [0.05, 0.1) is 32.7 Å². The zero-order valence-corrected chi connectivity index (χ0v) is 11.4. The third-order valence-corrected chi connectivity index (χ3v) is 3.75. The van der Waals surface area contributed by atoms with Gasteiger partial charge in [0.2, 0.25) is 0 Å². The molecule has 1 aromatic rings. The van der Waals surface area contributed by atoms with Crippen LogP contribution in [0.5, 0.6) is 5.75 Å². The van der Waals surface area contributed by atoms with Crippen molar-refractivity contribution in [2.45, 2.75) is 26.0 Å². The summed E-state index contributed by atoms with van der Waals surface area (Å²) in [5, 5.41) is 9.20. The Morgan fingerprint density at radius 3 is 3.00 bits per heavy atom. The maximum atomic E-state index is 12.2. The lowest BCUT2D eigenvalue weighted by Gasteiger charge is -2.40. The summed E-state index contributed by atoms with van der Waals surface area (Å²) in [5.74, 6) is 0.565. The molecule has 0 radical (unpaired) electrons. The molecule has 0 aromatic carbocycles. The van der Waals surface area contributed by atoms with Crippen molar-refractivity contribution in [2.75, 3.05) is 20.8 Å². The molecular formula is C13H19N2O4+. The van der Waals surface area contributed by atoms with E-state index in [9.17, 15) is 9.90 Å². The largest absolute Gasteiger partial charge is 0.521 e. The van der Waals surface area contributed by atoms with E-state index in [1.54, 1.807) is 12.3 Å². The molecule has 1 aliphatic heterocycles. The molecule has 0 aliphatic carbocycles. The number of pyridine rings is 1. The van der Waals surface area contributed by atoms with Gasteiger partial charge in [0, 0.05) is 12.5 Å². The molecule has 1 aliphatic rings. The second-order valence-corrected chi connectivity index (χ2v) is 4.72. The molecule has 2 unspecified atom stereocenters. The van der Waals surface area contributed by atoms with Gasteiger partial charge in [-0.25, -0.2) is 0 Å². The molecule has 0 spiro atoms. The predicted molar refractivity (Wildman–Crippen MR) is 69.9 cm³/mol. The van der Waals surface area contributed by atoms with E-state index in [-0.39, 0.29) is 23.2 Å². The standard InChI is InChI=1S/C13H19N2O4/c1-4-10-8-19-12-6-14-9(7-16)5-11(12)15(10,2)13(17)18-3/h5-6,10,16H,4,7-8H2,1-3H3/q+1. The molecule has 104 valence electrons. The number of aliphatic hydroxyl groups excluding tert-OH is 1. The van der Waals surface area contributed by atoms with E-state index in [1.807, 2.05) is 14.0 Å². The molecule has 2 rings (SSSR count). The van der Waals surface area contributed by atoms with Crippen molar-refractivity contribution in [3.8, 4) is 5.75 Å². The molecule has 6 heteroatoms. The number of carbonyl (C=O) groups is 1. The van der Waals surface area contributed by atoms with E-state index in [4.69, 9.17) is 9.47 Å². The molecule has 1 amide bonds. The molecule has 19 heavy (non-hydrogen) atoms. The van der Waals surface area contributed by atoms with Crippen LogP contribution in [0, 0.1) is 0 Å². The van der Waals surface area contributed by atoms with E-state index in [2.05, 4.69) is 4.98 Å². The van der Waals surface area contributed by atoms with Crippen LogP contribution in [-0.4, -0.2) is 43.0 Å². The quantitative estimate of drug-likeness (QED) is 0.821. The third-order valence-electron chi connectivity index (χ3n) is 3.75. The van der Waals surface area contributed by atoms with Gasteiger partial charge in [0.25, 0.3) is 0 Å². The first-order valence-electron chi connectivity index (χ1n) is 6.25. The lowest BCUT2D eigenvalue weighted by atomic mass is 10.1. The Morgan fingerprint density at radius 1 is 1.68 bits per heavy atom. The number of likely N-dealkylation sites (N-methyl/N-ethyl adjacent to an activating group) is 1. The van der Waals surface area contributed by atoms with Gasteiger partial charge >= 0.3 is 6.09 Å². The van der Waals surface area contributed by atoms with Crippen molar-refractivity contribution in [2.24, 2.45) is 0 Å². The number of fused-ring (bicyclic) bond motifs is 1. The second-order valence-electron chi connectivity index (χ2n) is 4.72. The highest BCUT2D eigenvalue weighted by Gasteiger charge is 2.48. The SMILES string of the molecule is CCC1COc2cnc(CO)cc2[N+]1(C)C(=O)OC. The summed E-state index contributed by atoms with van der Waals surface area (Å²) in [4.78, 5) is 16.3. The molecule has 0 bridgehead atoms. The summed E-state index contributed by atoms with van der Waals surface area (Å²) in [5.41, 5.74) is 1.19. The Hall–Kier alpha value is -1.66. The highest BCUT2D eigenvalue weighted by Crippen LogP contribution is 2.40. The Bertz CT molecular complexity index is 492. The summed E-state index contributed by atoms with van der Waals surface area (Å²) >= 11 is 0. The number of quaternary nitrogens is 1. The molecule has 0 fully saturated rings. The zero-order chi connectivity index (χ0) is 14.0. The first kappa shape index (κ1) is 13.8.